The second kappa shape index (κ2) is 10.2. The molecule has 1 heterocycles. The van der Waals surface area contributed by atoms with Gasteiger partial charge in [0, 0.05) is 16.6 Å². The summed E-state index contributed by atoms with van der Waals surface area (Å²) in [5.74, 6) is 0.615. The minimum absolute atomic E-state index is 0.0254. The smallest absolute Gasteiger partial charge is 0.491 e. The fourth-order valence-electron chi connectivity index (χ4n) is 3.87. The number of alkyl halides is 3. The summed E-state index contributed by atoms with van der Waals surface area (Å²) in [6.07, 6.45) is -4.74. The van der Waals surface area contributed by atoms with Gasteiger partial charge >= 0.3 is 6.36 Å². The second-order valence-electron chi connectivity index (χ2n) is 8.32. The molecule has 0 saturated heterocycles. The lowest BCUT2D eigenvalue weighted by molar-refractivity contribution is -0.274. The number of ether oxygens (including phenoxy) is 3. The predicted molar refractivity (Wildman–Crippen MR) is 128 cm³/mol. The Kier molecular flexibility index (Phi) is 7.25. The molecule has 0 aromatic heterocycles. The van der Waals surface area contributed by atoms with Gasteiger partial charge in [-0.2, -0.15) is 0 Å². The van der Waals surface area contributed by atoms with Crippen LogP contribution >= 0.6 is 15.9 Å². The Morgan fingerprint density at radius 2 is 1.57 bits per heavy atom. The monoisotopic (exact) mass is 549 g/mol. The predicted octanol–water partition coefficient (Wildman–Crippen LogP) is 6.91. The molecule has 3 aromatic rings. The summed E-state index contributed by atoms with van der Waals surface area (Å²) in [5.41, 5.74) is 2.38. The fourth-order valence-corrected chi connectivity index (χ4v) is 4.23. The number of carbonyl (C=O) groups is 1. The minimum Gasteiger partial charge on any atom is -0.491 e. The maximum Gasteiger partial charge on any atom is 0.573 e. The van der Waals surface area contributed by atoms with Crippen LogP contribution < -0.4 is 14.2 Å². The van der Waals surface area contributed by atoms with E-state index in [2.05, 4.69) is 20.7 Å². The maximum atomic E-state index is 13.3. The lowest BCUT2D eigenvalue weighted by atomic mass is 10.1. The van der Waals surface area contributed by atoms with Crippen LogP contribution in [0.4, 0.5) is 13.2 Å². The number of benzene rings is 3. The summed E-state index contributed by atoms with van der Waals surface area (Å²) in [6.45, 7) is 4.39. The number of carbonyl (C=O) groups excluding carboxylic acids is 1. The SMILES string of the molecule is CC(C)Oc1ccc(C(COc2ccc(OC(F)(F)F)cc2)N2Cc3ccc(Br)cc3C2=O)cc1. The van der Waals surface area contributed by atoms with Crippen molar-refractivity contribution >= 4 is 21.8 Å². The van der Waals surface area contributed by atoms with Crippen LogP contribution in [0.15, 0.2) is 71.2 Å². The summed E-state index contributed by atoms with van der Waals surface area (Å²) < 4.78 is 53.6. The summed E-state index contributed by atoms with van der Waals surface area (Å²) in [5, 5.41) is 0. The first kappa shape index (κ1) is 24.9. The van der Waals surface area contributed by atoms with Crippen LogP contribution in [-0.2, 0) is 6.54 Å². The number of hydrogen-bond acceptors (Lipinski definition) is 4. The molecule has 184 valence electrons. The van der Waals surface area contributed by atoms with E-state index in [0.29, 0.717) is 23.6 Å². The van der Waals surface area contributed by atoms with Crippen LogP contribution in [0, 0.1) is 0 Å². The first-order valence-corrected chi connectivity index (χ1v) is 11.7. The van der Waals surface area contributed by atoms with Gasteiger partial charge in [0.15, 0.2) is 0 Å². The number of hydrogen-bond donors (Lipinski definition) is 0. The van der Waals surface area contributed by atoms with Crippen LogP contribution in [0.25, 0.3) is 0 Å². The third-order valence-electron chi connectivity index (χ3n) is 5.38. The Morgan fingerprint density at radius 3 is 2.20 bits per heavy atom. The zero-order valence-corrected chi connectivity index (χ0v) is 20.6. The molecule has 3 aromatic carbocycles. The maximum absolute atomic E-state index is 13.3. The average molecular weight is 550 g/mol. The van der Waals surface area contributed by atoms with Gasteiger partial charge in [-0.3, -0.25) is 4.79 Å². The zero-order chi connectivity index (χ0) is 25.2. The van der Waals surface area contributed by atoms with Crippen molar-refractivity contribution in [2.24, 2.45) is 0 Å². The van der Waals surface area contributed by atoms with Crippen molar-refractivity contribution in [1.82, 2.24) is 4.90 Å². The quantitative estimate of drug-likeness (QED) is 0.306. The second-order valence-corrected chi connectivity index (χ2v) is 9.23. The standard InChI is InChI=1S/C26H23BrF3NO4/c1-16(2)34-21-7-4-17(5-8-21)24(31-14-18-3-6-19(27)13-23(18)25(31)32)15-33-20-9-11-22(12-10-20)35-26(28,29)30/h3-13,16,24H,14-15H2,1-2H3. The van der Waals surface area contributed by atoms with Crippen molar-refractivity contribution in [1.29, 1.82) is 0 Å². The van der Waals surface area contributed by atoms with Gasteiger partial charge in [0.2, 0.25) is 0 Å². The normalized spacial score (nSPS) is 14.1. The summed E-state index contributed by atoms with van der Waals surface area (Å²) in [6, 6.07) is 17.8. The fraction of sp³-hybridized carbons (Fsp3) is 0.269. The molecule has 0 radical (unpaired) electrons. The van der Waals surface area contributed by atoms with Crippen LogP contribution in [-0.4, -0.2) is 29.9 Å². The molecule has 1 unspecified atom stereocenters. The van der Waals surface area contributed by atoms with Crippen molar-refractivity contribution in [3.63, 3.8) is 0 Å². The Hall–Kier alpha value is -3.20. The van der Waals surface area contributed by atoms with Gasteiger partial charge in [0.25, 0.3) is 5.91 Å². The molecular weight excluding hydrogens is 527 g/mol. The van der Waals surface area contributed by atoms with E-state index in [1.807, 2.05) is 50.2 Å². The molecule has 1 atom stereocenters. The molecule has 5 nitrogen and oxygen atoms in total. The van der Waals surface area contributed by atoms with Crippen molar-refractivity contribution in [3.05, 3.63) is 87.9 Å². The van der Waals surface area contributed by atoms with Crippen LogP contribution in [0.1, 0.15) is 41.4 Å². The van der Waals surface area contributed by atoms with E-state index in [4.69, 9.17) is 9.47 Å². The highest BCUT2D eigenvalue weighted by molar-refractivity contribution is 9.10. The van der Waals surface area contributed by atoms with Gasteiger partial charge in [-0.05, 0) is 73.5 Å². The molecule has 1 amide bonds. The van der Waals surface area contributed by atoms with Gasteiger partial charge in [-0.25, -0.2) is 0 Å². The minimum atomic E-state index is -4.76. The highest BCUT2D eigenvalue weighted by Crippen LogP contribution is 2.34. The Balaban J connectivity index is 1.56. The Morgan fingerprint density at radius 1 is 0.943 bits per heavy atom. The van der Waals surface area contributed by atoms with Gasteiger partial charge in [-0.15, -0.1) is 13.2 Å². The average Bonchev–Trinajstić information content (AvgIpc) is 3.10. The number of rotatable bonds is 8. The molecule has 35 heavy (non-hydrogen) atoms. The molecule has 0 aliphatic carbocycles. The number of amides is 1. The molecule has 0 fully saturated rings. The van der Waals surface area contributed by atoms with Crippen molar-refractivity contribution in [2.75, 3.05) is 6.61 Å². The molecule has 0 bridgehead atoms. The molecular formula is C26H23BrF3NO4. The topological polar surface area (TPSA) is 48.0 Å². The van der Waals surface area contributed by atoms with E-state index in [1.54, 1.807) is 11.0 Å². The first-order chi connectivity index (χ1) is 16.6. The van der Waals surface area contributed by atoms with E-state index in [0.717, 1.165) is 15.6 Å². The van der Waals surface area contributed by atoms with E-state index >= 15 is 0 Å². The molecule has 0 N–H and O–H groups in total. The largest absolute Gasteiger partial charge is 0.573 e. The van der Waals surface area contributed by atoms with Gasteiger partial charge in [0.05, 0.1) is 12.1 Å². The lowest BCUT2D eigenvalue weighted by Gasteiger charge is -2.28. The number of nitrogens with zero attached hydrogens (tertiary/aromatic N) is 1. The van der Waals surface area contributed by atoms with E-state index in [-0.39, 0.29) is 24.4 Å². The molecule has 1 aliphatic heterocycles. The highest BCUT2D eigenvalue weighted by Gasteiger charge is 2.34. The molecule has 0 spiro atoms. The molecule has 0 saturated carbocycles. The van der Waals surface area contributed by atoms with Crippen molar-refractivity contribution in [3.8, 4) is 17.2 Å². The molecule has 4 rings (SSSR count). The summed E-state index contributed by atoms with van der Waals surface area (Å²) in [4.78, 5) is 15.0. The van der Waals surface area contributed by atoms with E-state index in [1.165, 1.54) is 24.3 Å². The molecule has 9 heteroatoms. The van der Waals surface area contributed by atoms with Crippen molar-refractivity contribution < 1.29 is 32.2 Å². The Labute approximate surface area is 209 Å². The summed E-state index contributed by atoms with van der Waals surface area (Å²) >= 11 is 3.42. The Bertz CT molecular complexity index is 1180. The van der Waals surface area contributed by atoms with Crippen LogP contribution in [0.2, 0.25) is 0 Å². The zero-order valence-electron chi connectivity index (χ0n) is 19.0. The van der Waals surface area contributed by atoms with Crippen LogP contribution in [0.3, 0.4) is 0 Å². The summed E-state index contributed by atoms with van der Waals surface area (Å²) in [7, 11) is 0. The third kappa shape index (κ3) is 6.28. The number of halogens is 4. The van der Waals surface area contributed by atoms with Gasteiger partial charge in [-0.1, -0.05) is 34.1 Å². The molecule has 1 aliphatic rings. The number of fused-ring (bicyclic) bond motifs is 1. The van der Waals surface area contributed by atoms with Crippen molar-refractivity contribution in [2.45, 2.75) is 38.9 Å². The first-order valence-electron chi connectivity index (χ1n) is 10.9. The third-order valence-corrected chi connectivity index (χ3v) is 5.88. The van der Waals surface area contributed by atoms with E-state index in [9.17, 15) is 18.0 Å². The van der Waals surface area contributed by atoms with Gasteiger partial charge in [0.1, 0.15) is 23.9 Å². The lowest BCUT2D eigenvalue weighted by Crippen LogP contribution is -2.33. The highest BCUT2D eigenvalue weighted by atomic mass is 79.9. The van der Waals surface area contributed by atoms with E-state index < -0.39 is 12.4 Å². The van der Waals surface area contributed by atoms with Gasteiger partial charge < -0.3 is 19.1 Å². The van der Waals surface area contributed by atoms with Crippen LogP contribution in [0.5, 0.6) is 17.2 Å².